The Morgan fingerprint density at radius 2 is 1.79 bits per heavy atom. The summed E-state index contributed by atoms with van der Waals surface area (Å²) in [6.07, 6.45) is -0.802. The molecule has 0 aromatic heterocycles. The third-order valence-corrected chi connectivity index (χ3v) is 5.58. The van der Waals surface area contributed by atoms with Crippen LogP contribution >= 0.6 is 11.6 Å². The molecule has 2 aromatic carbocycles. The zero-order valence-electron chi connectivity index (χ0n) is 19.2. The number of fused-ring (bicyclic) bond motifs is 1. The minimum atomic E-state index is -1.63. The minimum Gasteiger partial charge on any atom is -0.467 e. The van der Waals surface area contributed by atoms with Crippen molar-refractivity contribution < 1.29 is 38.4 Å². The minimum absolute atomic E-state index is 0.101. The van der Waals surface area contributed by atoms with E-state index < -0.39 is 30.6 Å². The van der Waals surface area contributed by atoms with E-state index in [0.29, 0.717) is 29.5 Å². The quantitative estimate of drug-likeness (QED) is 0.360. The van der Waals surface area contributed by atoms with Crippen LogP contribution in [-0.4, -0.2) is 56.4 Å². The summed E-state index contributed by atoms with van der Waals surface area (Å²) in [6, 6.07) is 12.7. The van der Waals surface area contributed by atoms with Crippen LogP contribution in [0.1, 0.15) is 30.6 Å². The molecule has 2 aromatic rings. The highest BCUT2D eigenvalue weighted by Gasteiger charge is 2.37. The van der Waals surface area contributed by atoms with Gasteiger partial charge in [0, 0.05) is 17.6 Å². The molecule has 0 fully saturated rings. The SMILES string of the molecule is CC[C@H](Cc1ccc2c(c1)O[C@H](OC(C(=O)OC)C(=O)OC)O2)NC[C@H](O)c1cccc(Cl)c1. The summed E-state index contributed by atoms with van der Waals surface area (Å²) in [5.74, 6) is -1.01. The number of aliphatic hydroxyl groups excluding tert-OH is 1. The van der Waals surface area contributed by atoms with Gasteiger partial charge in [0.05, 0.1) is 20.3 Å². The Labute approximate surface area is 202 Å². The predicted octanol–water partition coefficient (Wildman–Crippen LogP) is 2.77. The van der Waals surface area contributed by atoms with Gasteiger partial charge >= 0.3 is 18.4 Å². The molecule has 1 aliphatic heterocycles. The second-order valence-corrected chi connectivity index (χ2v) is 8.09. The van der Waals surface area contributed by atoms with E-state index in [4.69, 9.17) is 25.8 Å². The molecule has 3 atom stereocenters. The molecule has 1 aliphatic rings. The first-order valence-electron chi connectivity index (χ1n) is 10.8. The summed E-state index contributed by atoms with van der Waals surface area (Å²) in [7, 11) is 2.26. The lowest BCUT2D eigenvalue weighted by molar-refractivity contribution is -0.221. The van der Waals surface area contributed by atoms with Crippen LogP contribution < -0.4 is 14.8 Å². The van der Waals surface area contributed by atoms with Gasteiger partial charge in [0.1, 0.15) is 0 Å². The van der Waals surface area contributed by atoms with Gasteiger partial charge in [-0.05, 0) is 48.2 Å². The number of methoxy groups -OCH3 is 2. The largest absolute Gasteiger partial charge is 0.467 e. The lowest BCUT2D eigenvalue weighted by atomic mass is 10.0. The molecule has 0 aliphatic carbocycles. The van der Waals surface area contributed by atoms with Gasteiger partial charge in [-0.2, -0.15) is 0 Å². The summed E-state index contributed by atoms with van der Waals surface area (Å²) in [5.41, 5.74) is 1.72. The summed E-state index contributed by atoms with van der Waals surface area (Å²) < 4.78 is 25.6. The summed E-state index contributed by atoms with van der Waals surface area (Å²) >= 11 is 6.01. The fourth-order valence-corrected chi connectivity index (χ4v) is 3.64. The Balaban J connectivity index is 1.58. The van der Waals surface area contributed by atoms with E-state index >= 15 is 0 Å². The first-order chi connectivity index (χ1) is 16.3. The molecule has 0 radical (unpaired) electrons. The predicted molar refractivity (Wildman–Crippen MR) is 123 cm³/mol. The van der Waals surface area contributed by atoms with E-state index in [1.165, 1.54) is 0 Å². The molecule has 3 rings (SSSR count). The van der Waals surface area contributed by atoms with Crippen LogP contribution in [0.15, 0.2) is 42.5 Å². The number of carbonyl (C=O) groups is 2. The monoisotopic (exact) mass is 493 g/mol. The number of ether oxygens (including phenoxy) is 5. The molecule has 0 unspecified atom stereocenters. The van der Waals surface area contributed by atoms with E-state index in [0.717, 1.165) is 31.8 Å². The van der Waals surface area contributed by atoms with Crippen molar-refractivity contribution in [1.82, 2.24) is 5.32 Å². The van der Waals surface area contributed by atoms with Crippen molar-refractivity contribution >= 4 is 23.5 Å². The van der Waals surface area contributed by atoms with Gasteiger partial charge in [0.2, 0.25) is 0 Å². The van der Waals surface area contributed by atoms with Crippen LogP contribution in [-0.2, 0) is 30.2 Å². The van der Waals surface area contributed by atoms with Gasteiger partial charge in [0.15, 0.2) is 11.5 Å². The normalized spacial score (nSPS) is 16.2. The van der Waals surface area contributed by atoms with Gasteiger partial charge in [-0.15, -0.1) is 0 Å². The second-order valence-electron chi connectivity index (χ2n) is 7.66. The fourth-order valence-electron chi connectivity index (χ4n) is 3.44. The standard InChI is InChI=1S/C24H28ClNO8/c1-4-17(26-13-18(27)15-6-5-7-16(25)12-15)10-14-8-9-19-20(11-14)33-24(32-19)34-21(22(28)30-2)23(29)31-3/h5-9,11-12,17-18,21,24,26-27H,4,10,13H2,1-3H3/t17-,18+,24-/m1/s1. The highest BCUT2D eigenvalue weighted by atomic mass is 35.5. The Bertz CT molecular complexity index is 985. The first-order valence-corrected chi connectivity index (χ1v) is 11.2. The molecule has 0 bridgehead atoms. The van der Waals surface area contributed by atoms with Crippen molar-refractivity contribution in [3.05, 3.63) is 58.6 Å². The smallest absolute Gasteiger partial charge is 0.362 e. The maximum absolute atomic E-state index is 11.8. The zero-order chi connectivity index (χ0) is 24.7. The topological polar surface area (TPSA) is 113 Å². The van der Waals surface area contributed by atoms with E-state index in [9.17, 15) is 14.7 Å². The number of esters is 2. The van der Waals surface area contributed by atoms with Gasteiger partial charge in [-0.3, -0.25) is 4.74 Å². The van der Waals surface area contributed by atoms with Crippen LogP contribution in [0.3, 0.4) is 0 Å². The van der Waals surface area contributed by atoms with Crippen molar-refractivity contribution in [3.63, 3.8) is 0 Å². The summed E-state index contributed by atoms with van der Waals surface area (Å²) in [5, 5.41) is 14.4. The summed E-state index contributed by atoms with van der Waals surface area (Å²) in [4.78, 5) is 23.6. The van der Waals surface area contributed by atoms with Gasteiger partial charge in [0.25, 0.3) is 6.10 Å². The number of halogens is 1. The van der Waals surface area contributed by atoms with E-state index in [1.807, 2.05) is 18.2 Å². The molecule has 0 spiro atoms. The number of rotatable bonds is 11. The Kier molecular flexibility index (Phi) is 9.12. The maximum atomic E-state index is 11.8. The van der Waals surface area contributed by atoms with Gasteiger partial charge in [-0.1, -0.05) is 36.7 Å². The van der Waals surface area contributed by atoms with E-state index in [2.05, 4.69) is 21.7 Å². The lowest BCUT2D eigenvalue weighted by Crippen LogP contribution is -2.40. The molecule has 0 saturated heterocycles. The number of benzene rings is 2. The Hall–Kier alpha value is -2.85. The molecule has 1 heterocycles. The number of hydrogen-bond donors (Lipinski definition) is 2. The highest BCUT2D eigenvalue weighted by molar-refractivity contribution is 6.30. The maximum Gasteiger partial charge on any atom is 0.362 e. The molecular weight excluding hydrogens is 466 g/mol. The van der Waals surface area contributed by atoms with Crippen molar-refractivity contribution in [2.75, 3.05) is 20.8 Å². The third kappa shape index (κ3) is 6.60. The van der Waals surface area contributed by atoms with Crippen LogP contribution in [0.25, 0.3) is 0 Å². The Morgan fingerprint density at radius 1 is 1.09 bits per heavy atom. The number of nitrogens with one attached hydrogen (secondary N) is 1. The highest BCUT2D eigenvalue weighted by Crippen LogP contribution is 2.36. The molecule has 2 N–H and O–H groups in total. The van der Waals surface area contributed by atoms with Crippen LogP contribution in [0.2, 0.25) is 5.02 Å². The van der Waals surface area contributed by atoms with Crippen LogP contribution in [0, 0.1) is 0 Å². The molecule has 0 saturated carbocycles. The molecular formula is C24H28ClNO8. The van der Waals surface area contributed by atoms with E-state index in [-0.39, 0.29) is 6.04 Å². The first kappa shape index (κ1) is 25.8. The van der Waals surface area contributed by atoms with Gasteiger partial charge in [-0.25, -0.2) is 9.59 Å². The number of hydrogen-bond acceptors (Lipinski definition) is 9. The van der Waals surface area contributed by atoms with Crippen LogP contribution in [0.4, 0.5) is 0 Å². The average molecular weight is 494 g/mol. The average Bonchev–Trinajstić information content (AvgIpc) is 3.25. The molecule has 9 nitrogen and oxygen atoms in total. The second kappa shape index (κ2) is 12.0. The summed E-state index contributed by atoms with van der Waals surface area (Å²) in [6.45, 7) is 1.13. The number of aliphatic hydroxyl groups is 1. The zero-order valence-corrected chi connectivity index (χ0v) is 19.9. The van der Waals surface area contributed by atoms with Crippen molar-refractivity contribution in [3.8, 4) is 11.5 Å². The van der Waals surface area contributed by atoms with Crippen molar-refractivity contribution in [2.45, 2.75) is 44.5 Å². The fraction of sp³-hybridized carbons (Fsp3) is 0.417. The molecule has 184 valence electrons. The lowest BCUT2D eigenvalue weighted by Gasteiger charge is -2.20. The van der Waals surface area contributed by atoms with Crippen molar-refractivity contribution in [2.24, 2.45) is 0 Å². The molecule has 0 amide bonds. The van der Waals surface area contributed by atoms with Crippen LogP contribution in [0.5, 0.6) is 11.5 Å². The Morgan fingerprint density at radius 3 is 2.44 bits per heavy atom. The van der Waals surface area contributed by atoms with E-state index in [1.54, 1.807) is 24.3 Å². The van der Waals surface area contributed by atoms with Gasteiger partial charge < -0.3 is 29.4 Å². The molecule has 34 heavy (non-hydrogen) atoms. The third-order valence-electron chi connectivity index (χ3n) is 5.34. The number of carbonyl (C=O) groups excluding carboxylic acids is 2. The molecule has 10 heteroatoms. The van der Waals surface area contributed by atoms with Crippen molar-refractivity contribution in [1.29, 1.82) is 0 Å².